The zero-order chi connectivity index (χ0) is 19.5. The third kappa shape index (κ3) is 3.79. The molecule has 1 fully saturated rings. The maximum atomic E-state index is 13.2. The van der Waals surface area contributed by atoms with Gasteiger partial charge in [0.15, 0.2) is 0 Å². The summed E-state index contributed by atoms with van der Waals surface area (Å²) in [4.78, 5) is 18.0. The molecule has 3 aromatic rings. The number of amides is 1. The third-order valence-corrected chi connectivity index (χ3v) is 4.79. The molecule has 1 heterocycles. The largest absolute Gasteiger partial charge is 0.494 e. The lowest BCUT2D eigenvalue weighted by molar-refractivity contribution is 0.102. The van der Waals surface area contributed by atoms with Gasteiger partial charge in [0.25, 0.3) is 5.91 Å². The van der Waals surface area contributed by atoms with Crippen LogP contribution in [0.2, 0.25) is 0 Å². The quantitative estimate of drug-likeness (QED) is 0.618. The summed E-state index contributed by atoms with van der Waals surface area (Å²) in [5.74, 6) is 1.62. The number of anilines is 1. The molecule has 4 rings (SSSR count). The normalized spacial score (nSPS) is 13.4. The molecule has 1 amide bonds. The molecular formula is C23H24N2O3. The summed E-state index contributed by atoms with van der Waals surface area (Å²) in [6.07, 6.45) is 2.27. The summed E-state index contributed by atoms with van der Waals surface area (Å²) in [6, 6.07) is 15.2. The second-order valence-corrected chi connectivity index (χ2v) is 6.86. The number of ether oxygens (including phenoxy) is 2. The second kappa shape index (κ2) is 7.89. The first-order chi connectivity index (χ1) is 13.7. The fraction of sp³-hybridized carbons (Fsp3) is 0.304. The highest BCUT2D eigenvalue weighted by Gasteiger charge is 2.27. The van der Waals surface area contributed by atoms with E-state index in [-0.39, 0.29) is 5.91 Å². The van der Waals surface area contributed by atoms with Crippen LogP contribution < -0.4 is 14.8 Å². The van der Waals surface area contributed by atoms with Gasteiger partial charge in [-0.1, -0.05) is 18.2 Å². The van der Waals surface area contributed by atoms with E-state index in [1.165, 1.54) is 0 Å². The minimum absolute atomic E-state index is 0.171. The van der Waals surface area contributed by atoms with E-state index >= 15 is 0 Å². The third-order valence-electron chi connectivity index (χ3n) is 4.79. The monoisotopic (exact) mass is 376 g/mol. The number of nitrogens with one attached hydrogen (secondary N) is 1. The van der Waals surface area contributed by atoms with Crippen LogP contribution in [-0.2, 0) is 0 Å². The van der Waals surface area contributed by atoms with Crippen molar-refractivity contribution in [3.8, 4) is 11.5 Å². The van der Waals surface area contributed by atoms with Gasteiger partial charge in [-0.2, -0.15) is 0 Å². The molecule has 0 atom stereocenters. The molecule has 0 unspecified atom stereocenters. The van der Waals surface area contributed by atoms with Crippen molar-refractivity contribution in [1.82, 2.24) is 4.98 Å². The van der Waals surface area contributed by atoms with Gasteiger partial charge in [0, 0.05) is 23.1 Å². The Morgan fingerprint density at radius 1 is 1.07 bits per heavy atom. The van der Waals surface area contributed by atoms with E-state index in [2.05, 4.69) is 5.32 Å². The summed E-state index contributed by atoms with van der Waals surface area (Å²) in [5.41, 5.74) is 3.09. The average molecular weight is 376 g/mol. The number of carbonyl (C=O) groups excluding carboxylic acids is 1. The van der Waals surface area contributed by atoms with Crippen LogP contribution >= 0.6 is 0 Å². The van der Waals surface area contributed by atoms with Crippen LogP contribution in [0.3, 0.4) is 0 Å². The van der Waals surface area contributed by atoms with Gasteiger partial charge in [0.05, 0.1) is 30.0 Å². The van der Waals surface area contributed by atoms with Gasteiger partial charge in [-0.3, -0.25) is 9.78 Å². The Hall–Kier alpha value is -3.08. The Morgan fingerprint density at radius 2 is 1.86 bits per heavy atom. The van der Waals surface area contributed by atoms with Crippen molar-refractivity contribution in [2.45, 2.75) is 32.6 Å². The van der Waals surface area contributed by atoms with E-state index in [1.807, 2.05) is 56.3 Å². The first-order valence-corrected chi connectivity index (χ1v) is 9.80. The lowest BCUT2D eigenvalue weighted by atomic mass is 10.1. The van der Waals surface area contributed by atoms with Crippen LogP contribution in [-0.4, -0.2) is 24.1 Å². The summed E-state index contributed by atoms with van der Waals surface area (Å²) in [7, 11) is 0. The van der Waals surface area contributed by atoms with Crippen LogP contribution in [0.25, 0.3) is 10.9 Å². The number of aromatic nitrogens is 1. The zero-order valence-corrected chi connectivity index (χ0v) is 16.2. The van der Waals surface area contributed by atoms with E-state index in [1.54, 1.807) is 6.07 Å². The van der Waals surface area contributed by atoms with Gasteiger partial charge >= 0.3 is 0 Å². The predicted molar refractivity (Wildman–Crippen MR) is 110 cm³/mol. The molecular weight excluding hydrogens is 352 g/mol. The Morgan fingerprint density at radius 3 is 2.61 bits per heavy atom. The first kappa shape index (κ1) is 18.3. The van der Waals surface area contributed by atoms with Crippen LogP contribution in [0.15, 0.2) is 48.5 Å². The molecule has 144 valence electrons. The van der Waals surface area contributed by atoms with Gasteiger partial charge in [0.2, 0.25) is 0 Å². The van der Waals surface area contributed by atoms with Gasteiger partial charge in [-0.05, 0) is 51.0 Å². The van der Waals surface area contributed by atoms with Crippen molar-refractivity contribution >= 4 is 22.5 Å². The number of para-hydroxylation sites is 1. The Bertz CT molecular complexity index is 1010. The van der Waals surface area contributed by atoms with Crippen LogP contribution in [0.1, 0.15) is 48.7 Å². The minimum atomic E-state index is -0.171. The van der Waals surface area contributed by atoms with E-state index in [0.717, 1.165) is 29.4 Å². The summed E-state index contributed by atoms with van der Waals surface area (Å²) in [6.45, 7) is 4.92. The van der Waals surface area contributed by atoms with E-state index in [0.29, 0.717) is 41.9 Å². The SMILES string of the molecule is CCOc1ccc(OCC)c(NC(=O)c2cc(C3CC3)nc3ccccc23)c1. The van der Waals surface area contributed by atoms with E-state index in [4.69, 9.17) is 14.5 Å². The number of nitrogens with zero attached hydrogens (tertiary/aromatic N) is 1. The summed E-state index contributed by atoms with van der Waals surface area (Å²) >= 11 is 0. The van der Waals surface area contributed by atoms with Crippen molar-refractivity contribution in [3.63, 3.8) is 0 Å². The lowest BCUT2D eigenvalue weighted by Crippen LogP contribution is -2.14. The number of pyridine rings is 1. The number of benzene rings is 2. The highest BCUT2D eigenvalue weighted by Crippen LogP contribution is 2.40. The Balaban J connectivity index is 1.71. The van der Waals surface area contributed by atoms with Crippen LogP contribution in [0, 0.1) is 0 Å². The predicted octanol–water partition coefficient (Wildman–Crippen LogP) is 5.16. The van der Waals surface area contributed by atoms with Crippen molar-refractivity contribution in [1.29, 1.82) is 0 Å². The summed E-state index contributed by atoms with van der Waals surface area (Å²) in [5, 5.41) is 3.87. The fourth-order valence-corrected chi connectivity index (χ4v) is 3.31. The molecule has 1 N–H and O–H groups in total. The van der Waals surface area contributed by atoms with Crippen LogP contribution in [0.5, 0.6) is 11.5 Å². The first-order valence-electron chi connectivity index (χ1n) is 9.80. The highest BCUT2D eigenvalue weighted by atomic mass is 16.5. The Kier molecular flexibility index (Phi) is 5.15. The number of hydrogen-bond acceptors (Lipinski definition) is 4. The molecule has 1 saturated carbocycles. The Labute approximate surface area is 164 Å². The molecule has 2 aromatic carbocycles. The average Bonchev–Trinajstić information content (AvgIpc) is 3.55. The second-order valence-electron chi connectivity index (χ2n) is 6.86. The molecule has 1 aliphatic carbocycles. The molecule has 28 heavy (non-hydrogen) atoms. The van der Waals surface area contributed by atoms with Crippen molar-refractivity contribution in [3.05, 3.63) is 59.8 Å². The van der Waals surface area contributed by atoms with Crippen LogP contribution in [0.4, 0.5) is 5.69 Å². The van der Waals surface area contributed by atoms with Crippen molar-refractivity contribution < 1.29 is 14.3 Å². The number of fused-ring (bicyclic) bond motifs is 1. The zero-order valence-electron chi connectivity index (χ0n) is 16.2. The topological polar surface area (TPSA) is 60.5 Å². The maximum Gasteiger partial charge on any atom is 0.256 e. The standard InChI is InChI=1S/C23H24N2O3/c1-3-27-16-11-12-22(28-4-2)21(13-16)25-23(26)18-14-20(15-9-10-15)24-19-8-6-5-7-17(18)19/h5-8,11-15H,3-4,9-10H2,1-2H3,(H,25,26). The van der Waals surface area contributed by atoms with Gasteiger partial charge in [0.1, 0.15) is 11.5 Å². The lowest BCUT2D eigenvalue weighted by Gasteiger charge is -2.15. The molecule has 1 aromatic heterocycles. The number of carbonyl (C=O) groups is 1. The molecule has 1 aliphatic rings. The molecule has 0 saturated heterocycles. The van der Waals surface area contributed by atoms with Crippen molar-refractivity contribution in [2.75, 3.05) is 18.5 Å². The molecule has 0 spiro atoms. The fourth-order valence-electron chi connectivity index (χ4n) is 3.31. The van der Waals surface area contributed by atoms with Crippen molar-refractivity contribution in [2.24, 2.45) is 0 Å². The number of hydrogen-bond donors (Lipinski definition) is 1. The van der Waals surface area contributed by atoms with Gasteiger partial charge in [-0.25, -0.2) is 0 Å². The van der Waals surface area contributed by atoms with E-state index < -0.39 is 0 Å². The molecule has 0 aliphatic heterocycles. The molecule has 0 bridgehead atoms. The summed E-state index contributed by atoms with van der Waals surface area (Å²) < 4.78 is 11.3. The van der Waals surface area contributed by atoms with Gasteiger partial charge < -0.3 is 14.8 Å². The smallest absolute Gasteiger partial charge is 0.256 e. The highest BCUT2D eigenvalue weighted by molar-refractivity contribution is 6.13. The van der Waals surface area contributed by atoms with Gasteiger partial charge in [-0.15, -0.1) is 0 Å². The molecule has 5 nitrogen and oxygen atoms in total. The van der Waals surface area contributed by atoms with E-state index in [9.17, 15) is 4.79 Å². The minimum Gasteiger partial charge on any atom is -0.494 e. The molecule has 0 radical (unpaired) electrons. The number of rotatable bonds is 7. The molecule has 5 heteroatoms. The maximum absolute atomic E-state index is 13.2.